The highest BCUT2D eigenvalue weighted by molar-refractivity contribution is 5.92. The second-order valence-electron chi connectivity index (χ2n) is 10.2. The number of ether oxygens (including phenoxy) is 1. The minimum absolute atomic E-state index is 0.0371. The van der Waals surface area contributed by atoms with Crippen LogP contribution in [0.1, 0.15) is 84.9 Å². The fraction of sp³-hybridized carbons (Fsp3) is 0.607. The Kier molecular flexibility index (Phi) is 12.0. The summed E-state index contributed by atoms with van der Waals surface area (Å²) in [5.41, 5.74) is 0.939. The van der Waals surface area contributed by atoms with Crippen molar-refractivity contribution in [1.82, 2.24) is 15.5 Å². The van der Waals surface area contributed by atoms with E-state index >= 15 is 0 Å². The average Bonchev–Trinajstić information content (AvgIpc) is 2.76. The first-order chi connectivity index (χ1) is 16.4. The number of hydrogen-bond acceptors (Lipinski definition) is 4. The van der Waals surface area contributed by atoms with Gasteiger partial charge in [-0.3, -0.25) is 9.59 Å². The first-order valence-corrected chi connectivity index (χ1v) is 12.6. The standard InChI is InChI=1S/C28H45N3O4/c1-10-15-21(6)29-25(32)24(22-17-14-13-16-20(22)5)31(18-11-2)26(33)23(19(4)12-3)30-27(34)35-28(7,8)9/h11,13-14,16-17,19,21,23-24H,2,10,12,15,18H2,1,3-9H3,(H,29,32)(H,30,34). The molecule has 3 amide bonds. The number of nitrogens with one attached hydrogen (secondary N) is 2. The zero-order valence-corrected chi connectivity index (χ0v) is 22.8. The van der Waals surface area contributed by atoms with E-state index in [-0.39, 0.29) is 30.3 Å². The SMILES string of the molecule is C=CCN(C(=O)C(NC(=O)OC(C)(C)C)C(C)CC)C(C(=O)NC(C)CCC)c1ccccc1C. The first-order valence-electron chi connectivity index (χ1n) is 12.6. The Morgan fingerprint density at radius 2 is 1.74 bits per heavy atom. The monoisotopic (exact) mass is 487 g/mol. The average molecular weight is 488 g/mol. The minimum Gasteiger partial charge on any atom is -0.444 e. The zero-order chi connectivity index (χ0) is 26.8. The van der Waals surface area contributed by atoms with Crippen LogP contribution in [0.2, 0.25) is 0 Å². The van der Waals surface area contributed by atoms with Gasteiger partial charge in [0.1, 0.15) is 17.7 Å². The number of rotatable bonds is 12. The van der Waals surface area contributed by atoms with Crippen LogP contribution in [-0.2, 0) is 14.3 Å². The molecule has 0 saturated heterocycles. The summed E-state index contributed by atoms with van der Waals surface area (Å²) in [5.74, 6) is -0.783. The van der Waals surface area contributed by atoms with Gasteiger partial charge in [-0.25, -0.2) is 4.79 Å². The molecule has 196 valence electrons. The van der Waals surface area contributed by atoms with Crippen LogP contribution in [0.4, 0.5) is 4.79 Å². The highest BCUT2D eigenvalue weighted by atomic mass is 16.6. The van der Waals surface area contributed by atoms with Crippen LogP contribution in [0, 0.1) is 12.8 Å². The van der Waals surface area contributed by atoms with Crippen molar-refractivity contribution in [3.8, 4) is 0 Å². The maximum Gasteiger partial charge on any atom is 0.408 e. The Labute approximate surface area is 211 Å². The molecule has 0 bridgehead atoms. The van der Waals surface area contributed by atoms with Crippen molar-refractivity contribution < 1.29 is 19.1 Å². The summed E-state index contributed by atoms with van der Waals surface area (Å²) in [7, 11) is 0. The van der Waals surface area contributed by atoms with Gasteiger partial charge in [-0.1, -0.05) is 64.0 Å². The summed E-state index contributed by atoms with van der Waals surface area (Å²) < 4.78 is 5.42. The maximum absolute atomic E-state index is 14.0. The number of carbonyl (C=O) groups is 3. The van der Waals surface area contributed by atoms with E-state index in [9.17, 15) is 14.4 Å². The van der Waals surface area contributed by atoms with Crippen LogP contribution in [0.15, 0.2) is 36.9 Å². The van der Waals surface area contributed by atoms with E-state index < -0.39 is 23.8 Å². The molecule has 0 aliphatic heterocycles. The number of aryl methyl sites for hydroxylation is 1. The van der Waals surface area contributed by atoms with Crippen molar-refractivity contribution in [2.75, 3.05) is 6.54 Å². The third-order valence-electron chi connectivity index (χ3n) is 5.91. The van der Waals surface area contributed by atoms with E-state index in [1.807, 2.05) is 52.0 Å². The molecule has 1 rings (SSSR count). The van der Waals surface area contributed by atoms with E-state index in [2.05, 4.69) is 24.1 Å². The van der Waals surface area contributed by atoms with Crippen LogP contribution in [0.25, 0.3) is 0 Å². The minimum atomic E-state index is -0.868. The molecule has 0 fully saturated rings. The third-order valence-corrected chi connectivity index (χ3v) is 5.91. The number of benzene rings is 1. The molecule has 0 heterocycles. The Morgan fingerprint density at radius 3 is 2.26 bits per heavy atom. The molecule has 7 nitrogen and oxygen atoms in total. The van der Waals surface area contributed by atoms with Crippen molar-refractivity contribution in [2.45, 2.75) is 98.4 Å². The van der Waals surface area contributed by atoms with E-state index in [4.69, 9.17) is 4.74 Å². The topological polar surface area (TPSA) is 87.7 Å². The molecule has 4 atom stereocenters. The third kappa shape index (κ3) is 9.38. The predicted octanol–water partition coefficient (Wildman–Crippen LogP) is 5.29. The summed E-state index contributed by atoms with van der Waals surface area (Å²) in [5, 5.41) is 5.84. The fourth-order valence-electron chi connectivity index (χ4n) is 3.93. The quantitative estimate of drug-likeness (QED) is 0.392. The van der Waals surface area contributed by atoms with E-state index in [0.717, 1.165) is 24.0 Å². The Bertz CT molecular complexity index is 862. The molecule has 35 heavy (non-hydrogen) atoms. The first kappa shape index (κ1) is 30.2. The highest BCUT2D eigenvalue weighted by Gasteiger charge is 2.38. The van der Waals surface area contributed by atoms with Gasteiger partial charge in [0.25, 0.3) is 0 Å². The number of carbonyl (C=O) groups excluding carboxylic acids is 3. The van der Waals surface area contributed by atoms with Crippen LogP contribution < -0.4 is 10.6 Å². The van der Waals surface area contributed by atoms with Gasteiger partial charge in [0, 0.05) is 12.6 Å². The lowest BCUT2D eigenvalue weighted by molar-refractivity contribution is -0.143. The van der Waals surface area contributed by atoms with Gasteiger partial charge in [-0.15, -0.1) is 6.58 Å². The van der Waals surface area contributed by atoms with E-state index in [1.54, 1.807) is 26.8 Å². The lowest BCUT2D eigenvalue weighted by Gasteiger charge is -2.36. The molecular weight excluding hydrogens is 442 g/mol. The Morgan fingerprint density at radius 1 is 1.11 bits per heavy atom. The number of nitrogens with zero attached hydrogens (tertiary/aromatic N) is 1. The molecule has 4 unspecified atom stereocenters. The van der Waals surface area contributed by atoms with Crippen molar-refractivity contribution in [1.29, 1.82) is 0 Å². The summed E-state index contributed by atoms with van der Waals surface area (Å²) in [6.45, 7) is 19.1. The van der Waals surface area contributed by atoms with Gasteiger partial charge in [0.05, 0.1) is 0 Å². The Balaban J connectivity index is 3.48. The van der Waals surface area contributed by atoms with Gasteiger partial charge < -0.3 is 20.3 Å². The van der Waals surface area contributed by atoms with Crippen LogP contribution in [-0.4, -0.2) is 47.0 Å². The summed E-state index contributed by atoms with van der Waals surface area (Å²) in [6.07, 6.45) is 3.36. The molecule has 7 heteroatoms. The summed E-state index contributed by atoms with van der Waals surface area (Å²) in [4.78, 5) is 41.8. The van der Waals surface area contributed by atoms with Gasteiger partial charge in [-0.2, -0.15) is 0 Å². The number of alkyl carbamates (subject to hydrolysis) is 1. The Hall–Kier alpha value is -2.83. The van der Waals surface area contributed by atoms with Gasteiger partial charge >= 0.3 is 6.09 Å². The van der Waals surface area contributed by atoms with Gasteiger partial charge in [-0.05, 0) is 58.1 Å². The van der Waals surface area contributed by atoms with E-state index in [0.29, 0.717) is 6.42 Å². The molecule has 0 aliphatic rings. The summed E-state index contributed by atoms with van der Waals surface area (Å²) >= 11 is 0. The second-order valence-corrected chi connectivity index (χ2v) is 10.2. The lowest BCUT2D eigenvalue weighted by atomic mass is 9.94. The number of hydrogen-bond donors (Lipinski definition) is 2. The maximum atomic E-state index is 14.0. The van der Waals surface area contributed by atoms with Gasteiger partial charge in [0.2, 0.25) is 11.8 Å². The smallest absolute Gasteiger partial charge is 0.408 e. The zero-order valence-electron chi connectivity index (χ0n) is 22.8. The van der Waals surface area contributed by atoms with Crippen LogP contribution >= 0.6 is 0 Å². The molecule has 0 spiro atoms. The van der Waals surface area contributed by atoms with Crippen molar-refractivity contribution in [3.63, 3.8) is 0 Å². The van der Waals surface area contributed by atoms with Crippen molar-refractivity contribution in [3.05, 3.63) is 48.0 Å². The molecule has 0 aliphatic carbocycles. The van der Waals surface area contributed by atoms with Crippen molar-refractivity contribution in [2.24, 2.45) is 5.92 Å². The van der Waals surface area contributed by atoms with Crippen LogP contribution in [0.5, 0.6) is 0 Å². The largest absolute Gasteiger partial charge is 0.444 e. The van der Waals surface area contributed by atoms with Crippen molar-refractivity contribution >= 4 is 17.9 Å². The molecule has 1 aromatic rings. The molecule has 0 saturated carbocycles. The highest BCUT2D eigenvalue weighted by Crippen LogP contribution is 2.27. The van der Waals surface area contributed by atoms with E-state index in [1.165, 1.54) is 4.90 Å². The fourth-order valence-corrected chi connectivity index (χ4v) is 3.93. The molecule has 0 aromatic heterocycles. The predicted molar refractivity (Wildman–Crippen MR) is 141 cm³/mol. The van der Waals surface area contributed by atoms with Gasteiger partial charge in [0.15, 0.2) is 0 Å². The summed E-state index contributed by atoms with van der Waals surface area (Å²) in [6, 6.07) is 5.79. The second kappa shape index (κ2) is 13.9. The molecular formula is C28H45N3O4. The molecule has 2 N–H and O–H groups in total. The molecule has 0 radical (unpaired) electrons. The molecule has 1 aromatic carbocycles. The lowest BCUT2D eigenvalue weighted by Crippen LogP contribution is -2.55. The van der Waals surface area contributed by atoms with Crippen LogP contribution in [0.3, 0.4) is 0 Å². The normalized spacial score (nSPS) is 14.7. The number of amides is 3.